The number of carbonyl (C=O) groups is 1. The van der Waals surface area contributed by atoms with Crippen molar-refractivity contribution in [2.24, 2.45) is 5.92 Å². The lowest BCUT2D eigenvalue weighted by Gasteiger charge is -2.31. The van der Waals surface area contributed by atoms with Crippen LogP contribution in [0.5, 0.6) is 11.5 Å². The zero-order valence-corrected chi connectivity index (χ0v) is 20.0. The van der Waals surface area contributed by atoms with Gasteiger partial charge in [-0.05, 0) is 69.0 Å². The van der Waals surface area contributed by atoms with Crippen LogP contribution < -0.4 is 19.7 Å². The van der Waals surface area contributed by atoms with E-state index in [9.17, 15) is 4.79 Å². The lowest BCUT2D eigenvalue weighted by Crippen LogP contribution is -2.43. The van der Waals surface area contributed by atoms with Gasteiger partial charge < -0.3 is 24.7 Å². The minimum absolute atomic E-state index is 0.0603. The summed E-state index contributed by atoms with van der Waals surface area (Å²) in [6.07, 6.45) is 2.57. The minimum atomic E-state index is -0.0603. The summed E-state index contributed by atoms with van der Waals surface area (Å²) in [7, 11) is 0. The largest absolute Gasteiger partial charge is 0.490 e. The lowest BCUT2D eigenvalue weighted by molar-refractivity contribution is -0.125. The first-order valence-corrected chi connectivity index (χ1v) is 12.0. The van der Waals surface area contributed by atoms with E-state index >= 15 is 0 Å². The molecule has 176 valence electrons. The highest BCUT2D eigenvalue weighted by atomic mass is 35.5. The quantitative estimate of drug-likeness (QED) is 0.478. The number of anilines is 1. The second kappa shape index (κ2) is 10.8. The zero-order valence-electron chi connectivity index (χ0n) is 19.2. The average molecular weight is 471 g/mol. The Morgan fingerprint density at radius 1 is 1.18 bits per heavy atom. The van der Waals surface area contributed by atoms with Gasteiger partial charge in [0.05, 0.1) is 30.2 Å². The molecule has 0 unspecified atom stereocenters. The van der Waals surface area contributed by atoms with Crippen LogP contribution in [0.15, 0.2) is 36.4 Å². The van der Waals surface area contributed by atoms with E-state index in [-0.39, 0.29) is 11.8 Å². The highest BCUT2D eigenvalue weighted by Crippen LogP contribution is 2.29. The number of hydrogen-bond acceptors (Lipinski definition) is 5. The molecule has 2 N–H and O–H groups in total. The first kappa shape index (κ1) is 23.2. The number of benzene rings is 2. The number of hydrogen-bond donors (Lipinski definition) is 2. The predicted octanol–water partition coefficient (Wildman–Crippen LogP) is 4.59. The molecule has 0 bridgehead atoms. The van der Waals surface area contributed by atoms with E-state index in [1.165, 1.54) is 0 Å². The highest BCUT2D eigenvalue weighted by molar-refractivity contribution is 6.31. The van der Waals surface area contributed by atoms with E-state index in [0.29, 0.717) is 31.3 Å². The van der Waals surface area contributed by atoms with Gasteiger partial charge in [0.25, 0.3) is 0 Å². The Morgan fingerprint density at radius 3 is 2.82 bits per heavy atom. The SMILES string of the molecule is CCOc1ccc(CCNC(=O)[C@@H]2CCCN(c3nc4ccc(Cl)cc4[nH]3)C2)cc1OCC. The molecule has 2 heterocycles. The number of halogens is 1. The van der Waals surface area contributed by atoms with Crippen molar-refractivity contribution in [1.29, 1.82) is 0 Å². The summed E-state index contributed by atoms with van der Waals surface area (Å²) in [6, 6.07) is 11.6. The molecule has 1 fully saturated rings. The van der Waals surface area contributed by atoms with Crippen LogP contribution in [0.1, 0.15) is 32.3 Å². The van der Waals surface area contributed by atoms with Gasteiger partial charge in [-0.2, -0.15) is 0 Å². The number of aromatic nitrogens is 2. The summed E-state index contributed by atoms with van der Waals surface area (Å²) < 4.78 is 11.3. The standard InChI is InChI=1S/C25H31ClN4O3/c1-3-32-22-10-7-17(14-23(22)33-4-2)11-12-27-24(31)18-6-5-13-30(16-18)25-28-20-9-8-19(26)15-21(20)29-25/h7-10,14-15,18H,3-6,11-13,16H2,1-2H3,(H,27,31)(H,28,29)/t18-/m1/s1. The average Bonchev–Trinajstić information content (AvgIpc) is 3.24. The number of nitrogens with zero attached hydrogens (tertiary/aromatic N) is 2. The molecule has 1 atom stereocenters. The van der Waals surface area contributed by atoms with Crippen molar-refractivity contribution in [3.8, 4) is 11.5 Å². The third-order valence-electron chi connectivity index (χ3n) is 5.84. The minimum Gasteiger partial charge on any atom is -0.490 e. The van der Waals surface area contributed by atoms with Crippen LogP contribution in [-0.2, 0) is 11.2 Å². The summed E-state index contributed by atoms with van der Waals surface area (Å²) in [6.45, 7) is 7.19. The number of ether oxygens (including phenoxy) is 2. The number of nitrogens with one attached hydrogen (secondary N) is 2. The summed E-state index contributed by atoms with van der Waals surface area (Å²) >= 11 is 6.09. The lowest BCUT2D eigenvalue weighted by atomic mass is 9.97. The Bertz CT molecular complexity index is 1100. The van der Waals surface area contributed by atoms with Gasteiger partial charge in [0, 0.05) is 24.7 Å². The number of H-pyrrole nitrogens is 1. The Balaban J connectivity index is 1.32. The Kier molecular flexibility index (Phi) is 7.60. The monoisotopic (exact) mass is 470 g/mol. The Morgan fingerprint density at radius 2 is 2.00 bits per heavy atom. The summed E-state index contributed by atoms with van der Waals surface area (Å²) in [5.74, 6) is 2.33. The maximum absolute atomic E-state index is 12.9. The van der Waals surface area contributed by atoms with Gasteiger partial charge in [0.1, 0.15) is 0 Å². The maximum Gasteiger partial charge on any atom is 0.224 e. The number of rotatable bonds is 9. The summed E-state index contributed by atoms with van der Waals surface area (Å²) in [4.78, 5) is 23.0. The first-order chi connectivity index (χ1) is 16.1. The fraction of sp³-hybridized carbons (Fsp3) is 0.440. The van der Waals surface area contributed by atoms with Gasteiger partial charge in [-0.1, -0.05) is 17.7 Å². The van der Waals surface area contributed by atoms with Crippen molar-refractivity contribution in [2.75, 3.05) is 37.7 Å². The number of imidazole rings is 1. The molecule has 8 heteroatoms. The molecule has 0 radical (unpaired) electrons. The van der Waals surface area contributed by atoms with E-state index in [1.807, 2.05) is 50.2 Å². The van der Waals surface area contributed by atoms with Gasteiger partial charge in [-0.3, -0.25) is 4.79 Å². The third-order valence-corrected chi connectivity index (χ3v) is 6.08. The smallest absolute Gasteiger partial charge is 0.224 e. The highest BCUT2D eigenvalue weighted by Gasteiger charge is 2.27. The molecule has 0 aliphatic carbocycles. The molecular formula is C25H31ClN4O3. The molecule has 33 heavy (non-hydrogen) atoms. The first-order valence-electron chi connectivity index (χ1n) is 11.6. The van der Waals surface area contributed by atoms with Crippen LogP contribution in [0, 0.1) is 5.92 Å². The molecule has 0 spiro atoms. The zero-order chi connectivity index (χ0) is 23.2. The number of fused-ring (bicyclic) bond motifs is 1. The Hall–Kier alpha value is -2.93. The molecule has 3 aromatic rings. The molecule has 1 aromatic heterocycles. The maximum atomic E-state index is 12.9. The molecule has 1 aliphatic heterocycles. The molecule has 1 amide bonds. The number of carbonyl (C=O) groups excluding carboxylic acids is 1. The van der Waals surface area contributed by atoms with E-state index in [0.717, 1.165) is 59.9 Å². The number of piperidine rings is 1. The van der Waals surface area contributed by atoms with Gasteiger partial charge in [0.15, 0.2) is 11.5 Å². The molecule has 7 nitrogen and oxygen atoms in total. The van der Waals surface area contributed by atoms with Crippen LogP contribution in [-0.4, -0.2) is 48.7 Å². The van der Waals surface area contributed by atoms with Crippen LogP contribution in [0.3, 0.4) is 0 Å². The van der Waals surface area contributed by atoms with Crippen molar-refractivity contribution in [3.05, 3.63) is 47.0 Å². The molecule has 1 saturated heterocycles. The van der Waals surface area contributed by atoms with Gasteiger partial charge in [-0.25, -0.2) is 4.98 Å². The van der Waals surface area contributed by atoms with E-state index in [2.05, 4.69) is 20.2 Å². The van der Waals surface area contributed by atoms with Gasteiger partial charge in [0.2, 0.25) is 11.9 Å². The number of aromatic amines is 1. The summed E-state index contributed by atoms with van der Waals surface area (Å²) in [5, 5.41) is 3.79. The predicted molar refractivity (Wildman–Crippen MR) is 132 cm³/mol. The third kappa shape index (κ3) is 5.71. The second-order valence-corrected chi connectivity index (χ2v) is 8.63. The van der Waals surface area contributed by atoms with Crippen molar-refractivity contribution in [3.63, 3.8) is 0 Å². The van der Waals surface area contributed by atoms with E-state index in [4.69, 9.17) is 21.1 Å². The van der Waals surface area contributed by atoms with Crippen LogP contribution in [0.2, 0.25) is 5.02 Å². The molecule has 0 saturated carbocycles. The van der Waals surface area contributed by atoms with Crippen LogP contribution in [0.4, 0.5) is 5.95 Å². The topological polar surface area (TPSA) is 79.5 Å². The summed E-state index contributed by atoms with van der Waals surface area (Å²) in [5.41, 5.74) is 2.89. The number of amides is 1. The van der Waals surface area contributed by atoms with Crippen molar-refractivity contribution in [2.45, 2.75) is 33.1 Å². The molecular weight excluding hydrogens is 440 g/mol. The molecule has 1 aliphatic rings. The van der Waals surface area contributed by atoms with Gasteiger partial charge >= 0.3 is 0 Å². The van der Waals surface area contributed by atoms with Crippen molar-refractivity contribution in [1.82, 2.24) is 15.3 Å². The van der Waals surface area contributed by atoms with Crippen LogP contribution >= 0.6 is 11.6 Å². The molecule has 4 rings (SSSR count). The fourth-order valence-corrected chi connectivity index (χ4v) is 4.40. The van der Waals surface area contributed by atoms with Crippen molar-refractivity contribution < 1.29 is 14.3 Å². The van der Waals surface area contributed by atoms with Crippen molar-refractivity contribution >= 4 is 34.5 Å². The second-order valence-electron chi connectivity index (χ2n) is 8.20. The van der Waals surface area contributed by atoms with Gasteiger partial charge in [-0.15, -0.1) is 0 Å². The van der Waals surface area contributed by atoms with E-state index < -0.39 is 0 Å². The Labute approximate surface area is 199 Å². The fourth-order valence-electron chi connectivity index (χ4n) is 4.23. The molecule has 2 aromatic carbocycles. The van der Waals surface area contributed by atoms with Crippen LogP contribution in [0.25, 0.3) is 11.0 Å². The van der Waals surface area contributed by atoms with E-state index in [1.54, 1.807) is 0 Å². The normalized spacial score (nSPS) is 16.1.